The van der Waals surface area contributed by atoms with Crippen LogP contribution in [0.15, 0.2) is 12.2 Å². The fraction of sp³-hybridized carbons (Fsp3) is 0.333. The summed E-state index contributed by atoms with van der Waals surface area (Å²) in [4.78, 5) is 12.1. The predicted octanol–water partition coefficient (Wildman–Crippen LogP) is 2.78. The number of hydrogen-bond acceptors (Lipinski definition) is 5. The lowest BCUT2D eigenvalue weighted by Gasteiger charge is -2.02. The second-order valence-corrected chi connectivity index (χ2v) is 4.77. The molecule has 5 heteroatoms. The molecule has 0 radical (unpaired) electrons. The van der Waals surface area contributed by atoms with Crippen molar-refractivity contribution < 1.29 is 4.79 Å². The van der Waals surface area contributed by atoms with Crippen LogP contribution in [0.4, 0.5) is 10.7 Å². The highest BCUT2D eigenvalue weighted by atomic mass is 32.1. The number of hydrogen-bond donors (Lipinski definition) is 2. The lowest BCUT2D eigenvalue weighted by atomic mass is 10.2. The SMILES string of the molecule is C=C(C)CNc1sc(C(=O)CC)c(N)c1C#N. The number of rotatable bonds is 5. The molecule has 3 N–H and O–H groups in total. The third kappa shape index (κ3) is 2.86. The van der Waals surface area contributed by atoms with E-state index in [2.05, 4.69) is 11.9 Å². The Morgan fingerprint density at radius 2 is 2.29 bits per heavy atom. The molecule has 17 heavy (non-hydrogen) atoms. The summed E-state index contributed by atoms with van der Waals surface area (Å²) in [5.41, 5.74) is 7.39. The van der Waals surface area contributed by atoms with Gasteiger partial charge >= 0.3 is 0 Å². The molecule has 0 fully saturated rings. The van der Waals surface area contributed by atoms with Crippen LogP contribution in [0.25, 0.3) is 0 Å². The van der Waals surface area contributed by atoms with E-state index in [1.807, 2.05) is 13.0 Å². The van der Waals surface area contributed by atoms with Gasteiger partial charge in [-0.2, -0.15) is 5.26 Å². The van der Waals surface area contributed by atoms with Crippen LogP contribution in [0.1, 0.15) is 35.5 Å². The summed E-state index contributed by atoms with van der Waals surface area (Å²) in [5, 5.41) is 12.7. The van der Waals surface area contributed by atoms with Crippen molar-refractivity contribution >= 4 is 27.8 Å². The largest absolute Gasteiger partial charge is 0.396 e. The van der Waals surface area contributed by atoms with E-state index < -0.39 is 0 Å². The molecule has 0 unspecified atom stereocenters. The van der Waals surface area contributed by atoms with E-state index in [1.54, 1.807) is 6.92 Å². The molecular weight excluding hydrogens is 234 g/mol. The molecule has 0 aliphatic carbocycles. The first-order valence-electron chi connectivity index (χ1n) is 5.25. The summed E-state index contributed by atoms with van der Waals surface area (Å²) in [5.74, 6) is -0.0348. The molecule has 4 nitrogen and oxygen atoms in total. The molecule has 1 aromatic rings. The monoisotopic (exact) mass is 249 g/mol. The molecular formula is C12H15N3OS. The van der Waals surface area contributed by atoms with Gasteiger partial charge in [0.05, 0.1) is 10.6 Å². The smallest absolute Gasteiger partial charge is 0.174 e. The Morgan fingerprint density at radius 3 is 2.76 bits per heavy atom. The van der Waals surface area contributed by atoms with Crippen molar-refractivity contribution in [1.29, 1.82) is 5.26 Å². The topological polar surface area (TPSA) is 78.9 Å². The number of nitrogens with one attached hydrogen (secondary N) is 1. The number of carbonyl (C=O) groups is 1. The van der Waals surface area contributed by atoms with Crippen LogP contribution in [0.2, 0.25) is 0 Å². The van der Waals surface area contributed by atoms with Gasteiger partial charge in [-0.25, -0.2) is 0 Å². The second-order valence-electron chi connectivity index (χ2n) is 3.75. The van der Waals surface area contributed by atoms with E-state index in [0.29, 0.717) is 28.4 Å². The second kappa shape index (κ2) is 5.51. The zero-order valence-electron chi connectivity index (χ0n) is 9.96. The molecule has 0 bridgehead atoms. The van der Waals surface area contributed by atoms with E-state index in [1.165, 1.54) is 11.3 Å². The zero-order valence-corrected chi connectivity index (χ0v) is 10.8. The van der Waals surface area contributed by atoms with Crippen molar-refractivity contribution in [2.75, 3.05) is 17.6 Å². The minimum absolute atomic E-state index is 0.0348. The average Bonchev–Trinajstić information content (AvgIpc) is 2.62. The molecule has 0 atom stereocenters. The van der Waals surface area contributed by atoms with Gasteiger partial charge in [0, 0.05) is 13.0 Å². The van der Waals surface area contributed by atoms with Crippen molar-refractivity contribution in [1.82, 2.24) is 0 Å². The van der Waals surface area contributed by atoms with E-state index in [0.717, 1.165) is 5.57 Å². The Morgan fingerprint density at radius 1 is 1.65 bits per heavy atom. The van der Waals surface area contributed by atoms with Gasteiger partial charge in [-0.1, -0.05) is 19.1 Å². The van der Waals surface area contributed by atoms with Crippen LogP contribution >= 0.6 is 11.3 Å². The molecule has 0 saturated heterocycles. The highest BCUT2D eigenvalue weighted by Gasteiger charge is 2.19. The van der Waals surface area contributed by atoms with Gasteiger partial charge in [-0.15, -0.1) is 11.3 Å². The first-order valence-corrected chi connectivity index (χ1v) is 6.06. The fourth-order valence-corrected chi connectivity index (χ4v) is 2.35. The van der Waals surface area contributed by atoms with Gasteiger partial charge in [0.1, 0.15) is 16.6 Å². The number of nitrogens with zero attached hydrogens (tertiary/aromatic N) is 1. The molecule has 0 spiro atoms. The Labute approximate surface area is 105 Å². The van der Waals surface area contributed by atoms with E-state index in [-0.39, 0.29) is 11.5 Å². The maximum Gasteiger partial charge on any atom is 0.174 e. The van der Waals surface area contributed by atoms with Crippen LogP contribution in [-0.2, 0) is 0 Å². The Hall–Kier alpha value is -1.80. The summed E-state index contributed by atoms with van der Waals surface area (Å²) < 4.78 is 0. The van der Waals surface area contributed by atoms with Crippen molar-refractivity contribution in [3.8, 4) is 6.07 Å². The van der Waals surface area contributed by atoms with Crippen LogP contribution in [0.3, 0.4) is 0 Å². The van der Waals surface area contributed by atoms with Crippen molar-refractivity contribution in [3.63, 3.8) is 0 Å². The number of Topliss-reactive ketones (excluding diaryl/α,β-unsaturated/α-hetero) is 1. The normalized spacial score (nSPS) is 9.71. The fourth-order valence-electron chi connectivity index (χ4n) is 1.28. The highest BCUT2D eigenvalue weighted by Crippen LogP contribution is 2.35. The third-order valence-corrected chi connectivity index (χ3v) is 3.39. The quantitative estimate of drug-likeness (QED) is 0.621. The van der Waals surface area contributed by atoms with Crippen molar-refractivity contribution in [3.05, 3.63) is 22.6 Å². The number of anilines is 2. The Balaban J connectivity index is 3.10. The van der Waals surface area contributed by atoms with Gasteiger partial charge in [-0.3, -0.25) is 4.79 Å². The average molecular weight is 249 g/mol. The molecule has 0 aromatic carbocycles. The number of nitrogen functional groups attached to an aromatic ring is 1. The number of ketones is 1. The third-order valence-electron chi connectivity index (χ3n) is 2.18. The maximum absolute atomic E-state index is 11.6. The van der Waals surface area contributed by atoms with Gasteiger partial charge in [0.15, 0.2) is 5.78 Å². The van der Waals surface area contributed by atoms with Crippen LogP contribution < -0.4 is 11.1 Å². The van der Waals surface area contributed by atoms with Crippen molar-refractivity contribution in [2.45, 2.75) is 20.3 Å². The van der Waals surface area contributed by atoms with Gasteiger partial charge in [0.2, 0.25) is 0 Å². The molecule has 0 aliphatic rings. The van der Waals surface area contributed by atoms with Crippen molar-refractivity contribution in [2.24, 2.45) is 0 Å². The standard InChI is InChI=1S/C12H15N3OS/c1-4-9(16)11-10(14)8(5-13)12(17-11)15-6-7(2)3/h15H,2,4,6,14H2,1,3H3. The number of thiophene rings is 1. The number of nitriles is 1. The zero-order chi connectivity index (χ0) is 13.0. The molecule has 0 amide bonds. The van der Waals surface area contributed by atoms with Crippen LogP contribution in [0.5, 0.6) is 0 Å². The van der Waals surface area contributed by atoms with Crippen LogP contribution in [-0.4, -0.2) is 12.3 Å². The van der Waals surface area contributed by atoms with Crippen LogP contribution in [0, 0.1) is 11.3 Å². The lowest BCUT2D eigenvalue weighted by Crippen LogP contribution is -2.01. The Kier molecular flexibility index (Phi) is 4.30. The highest BCUT2D eigenvalue weighted by molar-refractivity contribution is 7.19. The van der Waals surface area contributed by atoms with Gasteiger partial charge < -0.3 is 11.1 Å². The predicted molar refractivity (Wildman–Crippen MR) is 71.4 cm³/mol. The minimum atomic E-state index is -0.0348. The molecule has 1 aromatic heterocycles. The summed E-state index contributed by atoms with van der Waals surface area (Å²) in [6.07, 6.45) is 0.384. The maximum atomic E-state index is 11.6. The molecule has 0 saturated carbocycles. The van der Waals surface area contributed by atoms with Gasteiger partial charge in [0.25, 0.3) is 0 Å². The molecule has 1 heterocycles. The summed E-state index contributed by atoms with van der Waals surface area (Å²) in [6, 6.07) is 2.03. The van der Waals surface area contributed by atoms with Gasteiger partial charge in [-0.05, 0) is 6.92 Å². The minimum Gasteiger partial charge on any atom is -0.396 e. The number of nitrogens with two attached hydrogens (primary N) is 1. The molecule has 90 valence electrons. The molecule has 0 aliphatic heterocycles. The molecule has 1 rings (SSSR count). The summed E-state index contributed by atoms with van der Waals surface area (Å²) >= 11 is 1.24. The lowest BCUT2D eigenvalue weighted by molar-refractivity contribution is 0.0993. The van der Waals surface area contributed by atoms with E-state index in [4.69, 9.17) is 11.0 Å². The Bertz CT molecular complexity index is 497. The van der Waals surface area contributed by atoms with E-state index >= 15 is 0 Å². The first-order chi connectivity index (χ1) is 8.01. The number of carbonyl (C=O) groups excluding carboxylic acids is 1. The summed E-state index contributed by atoms with van der Waals surface area (Å²) in [6.45, 7) is 7.99. The van der Waals surface area contributed by atoms with E-state index in [9.17, 15) is 4.79 Å². The summed E-state index contributed by atoms with van der Waals surface area (Å²) in [7, 11) is 0. The first kappa shape index (κ1) is 13.3.